The summed E-state index contributed by atoms with van der Waals surface area (Å²) in [5, 5.41) is 3.62. The Hall–Kier alpha value is -3.55. The van der Waals surface area contributed by atoms with Crippen LogP contribution in [0, 0.1) is 6.92 Å². The first-order chi connectivity index (χ1) is 15.3. The quantitative estimate of drug-likeness (QED) is 0.482. The first-order valence-corrected chi connectivity index (χ1v) is 11.5. The number of nitrogens with zero attached hydrogens (tertiary/aromatic N) is 2. The van der Waals surface area contributed by atoms with E-state index in [-0.39, 0.29) is 10.8 Å². The molecule has 6 nitrogen and oxygen atoms in total. The maximum atomic E-state index is 13.4. The number of pyridine rings is 1. The summed E-state index contributed by atoms with van der Waals surface area (Å²) in [4.78, 5) is 18.2. The lowest BCUT2D eigenvalue weighted by molar-refractivity contribution is 0.102. The maximum absolute atomic E-state index is 13.4. The highest BCUT2D eigenvalue weighted by Gasteiger charge is 2.20. The van der Waals surface area contributed by atoms with Crippen LogP contribution >= 0.6 is 0 Å². The van der Waals surface area contributed by atoms with Gasteiger partial charge in [-0.3, -0.25) is 4.79 Å². The minimum absolute atomic E-state index is 0.118. The van der Waals surface area contributed by atoms with Crippen LogP contribution in [0.15, 0.2) is 83.8 Å². The Labute approximate surface area is 187 Å². The third kappa shape index (κ3) is 4.12. The summed E-state index contributed by atoms with van der Waals surface area (Å²) in [5.41, 5.74) is 3.98. The fourth-order valence-corrected chi connectivity index (χ4v) is 4.35. The molecule has 0 bridgehead atoms. The van der Waals surface area contributed by atoms with Crippen molar-refractivity contribution in [3.8, 4) is 11.3 Å². The highest BCUT2D eigenvalue weighted by atomic mass is 32.2. The molecule has 3 aromatic carbocycles. The number of sulfonamides is 1. The Bertz CT molecular complexity index is 1420. The molecular formula is C25H23N3O3S. The topological polar surface area (TPSA) is 79.4 Å². The lowest BCUT2D eigenvalue weighted by Crippen LogP contribution is -2.22. The van der Waals surface area contributed by atoms with E-state index in [0.717, 1.165) is 20.8 Å². The van der Waals surface area contributed by atoms with E-state index in [0.29, 0.717) is 22.5 Å². The molecule has 4 rings (SSSR count). The number of carbonyl (C=O) groups is 1. The van der Waals surface area contributed by atoms with Crippen LogP contribution in [-0.4, -0.2) is 37.7 Å². The number of carbonyl (C=O) groups excluding carboxylic acids is 1. The van der Waals surface area contributed by atoms with Crippen LogP contribution in [0.1, 0.15) is 15.9 Å². The smallest absolute Gasteiger partial charge is 0.256 e. The van der Waals surface area contributed by atoms with Crippen molar-refractivity contribution in [3.05, 3.63) is 90.0 Å². The Morgan fingerprint density at radius 3 is 2.31 bits per heavy atom. The van der Waals surface area contributed by atoms with Crippen LogP contribution in [-0.2, 0) is 10.0 Å². The minimum atomic E-state index is -3.62. The predicted octanol–water partition coefficient (Wildman–Crippen LogP) is 4.71. The number of hydrogen-bond donors (Lipinski definition) is 1. The molecule has 1 N–H and O–H groups in total. The molecule has 0 saturated carbocycles. The molecule has 0 atom stereocenters. The number of benzene rings is 3. The molecule has 162 valence electrons. The molecule has 1 amide bonds. The minimum Gasteiger partial charge on any atom is -0.322 e. The van der Waals surface area contributed by atoms with E-state index < -0.39 is 10.0 Å². The van der Waals surface area contributed by atoms with E-state index in [2.05, 4.69) is 5.32 Å². The molecule has 0 unspecified atom stereocenters. The van der Waals surface area contributed by atoms with Gasteiger partial charge in [-0.1, -0.05) is 54.6 Å². The van der Waals surface area contributed by atoms with Gasteiger partial charge in [0.05, 0.1) is 21.7 Å². The Morgan fingerprint density at radius 1 is 0.906 bits per heavy atom. The van der Waals surface area contributed by atoms with Crippen molar-refractivity contribution in [1.29, 1.82) is 0 Å². The summed E-state index contributed by atoms with van der Waals surface area (Å²) in [5.74, 6) is -0.330. The number of amides is 1. The number of nitrogens with one attached hydrogen (secondary N) is 1. The fourth-order valence-electron chi connectivity index (χ4n) is 3.42. The van der Waals surface area contributed by atoms with E-state index in [1.807, 2.05) is 61.5 Å². The van der Waals surface area contributed by atoms with Crippen molar-refractivity contribution in [3.63, 3.8) is 0 Å². The van der Waals surface area contributed by atoms with Gasteiger partial charge in [-0.2, -0.15) is 0 Å². The fraction of sp³-hybridized carbons (Fsp3) is 0.120. The van der Waals surface area contributed by atoms with E-state index in [9.17, 15) is 13.2 Å². The predicted molar refractivity (Wildman–Crippen MR) is 127 cm³/mol. The Morgan fingerprint density at radius 2 is 1.59 bits per heavy atom. The van der Waals surface area contributed by atoms with Gasteiger partial charge >= 0.3 is 0 Å². The number of aromatic nitrogens is 1. The van der Waals surface area contributed by atoms with Crippen LogP contribution in [0.2, 0.25) is 0 Å². The van der Waals surface area contributed by atoms with Crippen LogP contribution in [0.4, 0.5) is 5.69 Å². The van der Waals surface area contributed by atoms with E-state index >= 15 is 0 Å². The molecule has 7 heteroatoms. The average molecular weight is 446 g/mol. The summed E-state index contributed by atoms with van der Waals surface area (Å²) >= 11 is 0. The molecule has 4 aromatic rings. The second-order valence-corrected chi connectivity index (χ2v) is 9.81. The van der Waals surface area contributed by atoms with Gasteiger partial charge in [0.1, 0.15) is 0 Å². The van der Waals surface area contributed by atoms with Gasteiger partial charge < -0.3 is 5.32 Å². The van der Waals surface area contributed by atoms with Crippen molar-refractivity contribution in [2.24, 2.45) is 0 Å². The number of fused-ring (bicyclic) bond motifs is 1. The molecule has 0 aliphatic heterocycles. The molecule has 1 heterocycles. The van der Waals surface area contributed by atoms with Crippen molar-refractivity contribution >= 4 is 32.5 Å². The average Bonchev–Trinajstić information content (AvgIpc) is 2.80. The number of hydrogen-bond acceptors (Lipinski definition) is 4. The molecular weight excluding hydrogens is 422 g/mol. The number of anilines is 1. The van der Waals surface area contributed by atoms with Gasteiger partial charge in [0, 0.05) is 30.7 Å². The standard InChI is InChI=1S/C25H23N3O3S/c1-17-13-14-19(32(30,31)28(2)3)15-23(17)27-25(29)21-16-24(18-9-5-4-6-10-18)26-22-12-8-7-11-20(21)22/h4-16H,1-3H3,(H,27,29). The first kappa shape index (κ1) is 21.7. The van der Waals surface area contributed by atoms with Crippen LogP contribution < -0.4 is 5.32 Å². The van der Waals surface area contributed by atoms with Crippen molar-refractivity contribution < 1.29 is 13.2 Å². The Kier molecular flexibility index (Phi) is 5.78. The highest BCUT2D eigenvalue weighted by Crippen LogP contribution is 2.27. The molecule has 1 aromatic heterocycles. The second kappa shape index (κ2) is 8.53. The van der Waals surface area contributed by atoms with E-state index in [1.165, 1.54) is 26.2 Å². The van der Waals surface area contributed by atoms with Crippen molar-refractivity contribution in [2.45, 2.75) is 11.8 Å². The summed E-state index contributed by atoms with van der Waals surface area (Å²) in [6.45, 7) is 1.82. The lowest BCUT2D eigenvalue weighted by Gasteiger charge is -2.15. The third-order valence-electron chi connectivity index (χ3n) is 5.27. The largest absolute Gasteiger partial charge is 0.322 e. The van der Waals surface area contributed by atoms with Gasteiger partial charge in [0.15, 0.2) is 0 Å². The first-order valence-electron chi connectivity index (χ1n) is 10.1. The van der Waals surface area contributed by atoms with Gasteiger partial charge in [0.25, 0.3) is 5.91 Å². The number of rotatable bonds is 5. The summed E-state index contributed by atoms with van der Waals surface area (Å²) in [7, 11) is -0.674. The third-order valence-corrected chi connectivity index (χ3v) is 7.08. The summed E-state index contributed by atoms with van der Waals surface area (Å²) in [6, 6.07) is 23.6. The zero-order valence-electron chi connectivity index (χ0n) is 18.0. The van der Waals surface area contributed by atoms with E-state index in [4.69, 9.17) is 4.98 Å². The number of para-hydroxylation sites is 1. The lowest BCUT2D eigenvalue weighted by atomic mass is 10.0. The van der Waals surface area contributed by atoms with Gasteiger partial charge in [-0.05, 0) is 36.8 Å². The zero-order valence-corrected chi connectivity index (χ0v) is 18.8. The SMILES string of the molecule is Cc1ccc(S(=O)(=O)N(C)C)cc1NC(=O)c1cc(-c2ccccc2)nc2ccccc12. The molecule has 0 radical (unpaired) electrons. The molecule has 32 heavy (non-hydrogen) atoms. The van der Waals surface area contributed by atoms with E-state index in [1.54, 1.807) is 12.1 Å². The monoisotopic (exact) mass is 445 g/mol. The number of aryl methyl sites for hydroxylation is 1. The Balaban J connectivity index is 1.78. The van der Waals surface area contributed by atoms with Crippen molar-refractivity contribution in [2.75, 3.05) is 19.4 Å². The molecule has 0 saturated heterocycles. The molecule has 0 fully saturated rings. The molecule has 0 spiro atoms. The van der Waals surface area contributed by atoms with Crippen LogP contribution in [0.3, 0.4) is 0 Å². The second-order valence-electron chi connectivity index (χ2n) is 7.66. The highest BCUT2D eigenvalue weighted by molar-refractivity contribution is 7.89. The zero-order chi connectivity index (χ0) is 22.9. The van der Waals surface area contributed by atoms with Crippen molar-refractivity contribution in [1.82, 2.24) is 9.29 Å². The summed E-state index contributed by atoms with van der Waals surface area (Å²) < 4.78 is 26.2. The molecule has 0 aliphatic rings. The van der Waals surface area contributed by atoms with Crippen LogP contribution in [0.5, 0.6) is 0 Å². The maximum Gasteiger partial charge on any atom is 0.256 e. The molecule has 0 aliphatic carbocycles. The summed E-state index contributed by atoms with van der Waals surface area (Å²) in [6.07, 6.45) is 0. The normalized spacial score (nSPS) is 11.6. The van der Waals surface area contributed by atoms with Gasteiger partial charge in [-0.15, -0.1) is 0 Å². The van der Waals surface area contributed by atoms with Gasteiger partial charge in [-0.25, -0.2) is 17.7 Å². The van der Waals surface area contributed by atoms with Crippen LogP contribution in [0.25, 0.3) is 22.2 Å². The van der Waals surface area contributed by atoms with Gasteiger partial charge in [0.2, 0.25) is 10.0 Å².